The van der Waals surface area contributed by atoms with Gasteiger partial charge in [0.1, 0.15) is 10.8 Å². The van der Waals surface area contributed by atoms with Crippen LogP contribution < -0.4 is 4.72 Å². The maximum Gasteiger partial charge on any atom is 0.281 e. The summed E-state index contributed by atoms with van der Waals surface area (Å²) >= 11 is 1.36. The summed E-state index contributed by atoms with van der Waals surface area (Å²) in [6, 6.07) is 3.88. The smallest absolute Gasteiger partial charge is 0.278 e. The Kier molecular flexibility index (Phi) is 3.85. The topological polar surface area (TPSA) is 76.4 Å². The van der Waals surface area contributed by atoms with Crippen LogP contribution in [-0.2, 0) is 16.4 Å². The summed E-state index contributed by atoms with van der Waals surface area (Å²) in [5.41, 5.74) is 1.20. The number of hydrogen-bond donors (Lipinski definition) is 1. The Hall–Kier alpha value is -2.00. The molecule has 9 heteroatoms. The molecule has 23 heavy (non-hydrogen) atoms. The number of sulfonamides is 1. The first-order valence-electron chi connectivity index (χ1n) is 6.96. The van der Waals surface area contributed by atoms with Gasteiger partial charge in [-0.3, -0.25) is 4.72 Å². The van der Waals surface area contributed by atoms with Crippen LogP contribution in [0.5, 0.6) is 0 Å². The van der Waals surface area contributed by atoms with Crippen molar-refractivity contribution in [1.29, 1.82) is 0 Å². The molecule has 0 aliphatic rings. The van der Waals surface area contributed by atoms with Crippen molar-refractivity contribution in [3.8, 4) is 0 Å². The van der Waals surface area contributed by atoms with Gasteiger partial charge in [0.05, 0.1) is 11.4 Å². The van der Waals surface area contributed by atoms with Crippen molar-refractivity contribution in [2.45, 2.75) is 32.2 Å². The number of rotatable bonds is 4. The number of aryl methyl sites for hydroxylation is 3. The van der Waals surface area contributed by atoms with Gasteiger partial charge in [0.2, 0.25) is 9.99 Å². The first-order chi connectivity index (χ1) is 10.8. The van der Waals surface area contributed by atoms with E-state index >= 15 is 0 Å². The van der Waals surface area contributed by atoms with Gasteiger partial charge in [-0.2, -0.15) is 18.0 Å². The van der Waals surface area contributed by atoms with Crippen molar-refractivity contribution in [2.75, 3.05) is 4.72 Å². The normalized spacial score (nSPS) is 12.0. The molecule has 0 spiro atoms. The molecule has 0 unspecified atom stereocenters. The second kappa shape index (κ2) is 5.57. The molecule has 0 bridgehead atoms. The molecule has 0 saturated carbocycles. The van der Waals surface area contributed by atoms with E-state index in [0.717, 1.165) is 5.01 Å². The van der Waals surface area contributed by atoms with Crippen LogP contribution in [0.1, 0.15) is 23.2 Å². The number of nitrogens with one attached hydrogen (secondary N) is 1. The fourth-order valence-electron chi connectivity index (χ4n) is 2.26. The Balaban J connectivity index is 2.08. The summed E-state index contributed by atoms with van der Waals surface area (Å²) in [5.74, 6) is -0.416. The molecule has 122 valence electrons. The van der Waals surface area contributed by atoms with Crippen molar-refractivity contribution in [1.82, 2.24) is 14.6 Å². The second-order valence-electron chi connectivity index (χ2n) is 5.11. The van der Waals surface area contributed by atoms with Gasteiger partial charge >= 0.3 is 0 Å². The summed E-state index contributed by atoms with van der Waals surface area (Å²) < 4.78 is 42.5. The maximum atomic E-state index is 13.2. The molecule has 1 aromatic carbocycles. The predicted molar refractivity (Wildman–Crippen MR) is 86.9 cm³/mol. The Morgan fingerprint density at radius 3 is 2.74 bits per heavy atom. The lowest BCUT2D eigenvalue weighted by Crippen LogP contribution is -2.17. The molecule has 0 fully saturated rings. The molecular weight excluding hydrogens is 339 g/mol. The average Bonchev–Trinajstić information content (AvgIpc) is 2.97. The Bertz CT molecular complexity index is 992. The molecule has 0 amide bonds. The van der Waals surface area contributed by atoms with E-state index < -0.39 is 15.8 Å². The van der Waals surface area contributed by atoms with Crippen molar-refractivity contribution in [3.05, 3.63) is 40.3 Å². The van der Waals surface area contributed by atoms with Gasteiger partial charge in [-0.25, -0.2) is 9.37 Å². The van der Waals surface area contributed by atoms with Gasteiger partial charge in [-0.15, -0.1) is 0 Å². The zero-order valence-electron chi connectivity index (χ0n) is 12.8. The van der Waals surface area contributed by atoms with Gasteiger partial charge in [-0.05, 0) is 44.0 Å². The van der Waals surface area contributed by atoms with E-state index in [-0.39, 0.29) is 5.03 Å². The maximum absolute atomic E-state index is 13.2. The largest absolute Gasteiger partial charge is 0.281 e. The molecule has 0 saturated heterocycles. The third-order valence-electron chi connectivity index (χ3n) is 3.36. The highest BCUT2D eigenvalue weighted by atomic mass is 32.2. The van der Waals surface area contributed by atoms with Crippen molar-refractivity contribution in [3.63, 3.8) is 0 Å². The second-order valence-corrected chi connectivity index (χ2v) is 7.75. The third-order valence-corrected chi connectivity index (χ3v) is 5.88. The van der Waals surface area contributed by atoms with Crippen LogP contribution in [-0.4, -0.2) is 23.0 Å². The summed E-state index contributed by atoms with van der Waals surface area (Å²) in [5, 5.41) is 5.10. The molecule has 3 aromatic rings. The SMILES string of the molecule is CCc1nn2c(S(=O)(=O)Nc3ccc(F)cc3C)c(C)nc2s1. The molecule has 2 heterocycles. The van der Waals surface area contributed by atoms with Crippen molar-refractivity contribution in [2.24, 2.45) is 0 Å². The minimum atomic E-state index is -3.89. The lowest BCUT2D eigenvalue weighted by atomic mass is 10.2. The number of aromatic nitrogens is 3. The first-order valence-corrected chi connectivity index (χ1v) is 9.26. The number of anilines is 1. The lowest BCUT2D eigenvalue weighted by molar-refractivity contribution is 0.592. The predicted octanol–water partition coefficient (Wildman–Crippen LogP) is 2.91. The molecule has 0 aliphatic heterocycles. The van der Waals surface area contributed by atoms with Crippen LogP contribution >= 0.6 is 11.3 Å². The van der Waals surface area contributed by atoms with Crippen LogP contribution in [0.25, 0.3) is 4.96 Å². The van der Waals surface area contributed by atoms with E-state index in [9.17, 15) is 12.8 Å². The van der Waals surface area contributed by atoms with E-state index in [1.807, 2.05) is 6.92 Å². The fourth-order valence-corrected chi connectivity index (χ4v) is 4.60. The van der Waals surface area contributed by atoms with Gasteiger partial charge in [0.25, 0.3) is 10.0 Å². The molecule has 0 aliphatic carbocycles. The average molecular weight is 354 g/mol. The van der Waals surface area contributed by atoms with Crippen LogP contribution in [0.4, 0.5) is 10.1 Å². The van der Waals surface area contributed by atoms with E-state index in [2.05, 4.69) is 14.8 Å². The quantitative estimate of drug-likeness (QED) is 0.781. The van der Waals surface area contributed by atoms with Crippen molar-refractivity contribution < 1.29 is 12.8 Å². The minimum Gasteiger partial charge on any atom is -0.278 e. The van der Waals surface area contributed by atoms with E-state index in [1.165, 1.54) is 34.1 Å². The van der Waals surface area contributed by atoms with E-state index in [4.69, 9.17) is 0 Å². The summed E-state index contributed by atoms with van der Waals surface area (Å²) in [6.45, 7) is 5.20. The minimum absolute atomic E-state index is 0.00664. The highest BCUT2D eigenvalue weighted by Crippen LogP contribution is 2.25. The monoisotopic (exact) mass is 354 g/mol. The first kappa shape index (κ1) is 15.9. The third kappa shape index (κ3) is 2.81. The highest BCUT2D eigenvalue weighted by molar-refractivity contribution is 7.92. The molecule has 3 rings (SSSR count). The van der Waals surface area contributed by atoms with Gasteiger partial charge in [-0.1, -0.05) is 18.3 Å². The standard InChI is InChI=1S/C14H15FN4O2S2/c1-4-12-17-19-13(9(3)16-14(19)22-12)23(20,21)18-11-6-5-10(15)7-8(11)2/h5-7,18H,4H2,1-3H3. The van der Waals surface area contributed by atoms with Crippen LogP contribution in [0.2, 0.25) is 0 Å². The molecule has 0 atom stereocenters. The summed E-state index contributed by atoms with van der Waals surface area (Å²) in [7, 11) is -3.89. The zero-order chi connectivity index (χ0) is 16.8. The number of fused-ring (bicyclic) bond motifs is 1. The molecular formula is C14H15FN4O2S2. The number of halogens is 1. The van der Waals surface area contributed by atoms with Crippen LogP contribution in [0.3, 0.4) is 0 Å². The number of benzene rings is 1. The molecule has 1 N–H and O–H groups in total. The number of hydrogen-bond acceptors (Lipinski definition) is 5. The summed E-state index contributed by atoms with van der Waals surface area (Å²) in [6.07, 6.45) is 0.705. The van der Waals surface area contributed by atoms with Crippen molar-refractivity contribution >= 4 is 32.0 Å². The fraction of sp³-hybridized carbons (Fsp3) is 0.286. The summed E-state index contributed by atoms with van der Waals surface area (Å²) in [4.78, 5) is 4.80. The van der Waals surface area contributed by atoms with Gasteiger partial charge in [0.15, 0.2) is 0 Å². The molecule has 6 nitrogen and oxygen atoms in total. The van der Waals surface area contributed by atoms with Crippen LogP contribution in [0, 0.1) is 19.7 Å². The molecule has 0 radical (unpaired) electrons. The Morgan fingerprint density at radius 1 is 1.35 bits per heavy atom. The zero-order valence-corrected chi connectivity index (χ0v) is 14.4. The Labute approximate surface area is 137 Å². The van der Waals surface area contributed by atoms with E-state index in [0.29, 0.717) is 28.3 Å². The number of imidazole rings is 1. The lowest BCUT2D eigenvalue weighted by Gasteiger charge is -2.10. The van der Waals surface area contributed by atoms with E-state index in [1.54, 1.807) is 13.8 Å². The highest BCUT2D eigenvalue weighted by Gasteiger charge is 2.26. The molecule has 2 aromatic heterocycles. The Morgan fingerprint density at radius 2 is 2.09 bits per heavy atom. The van der Waals surface area contributed by atoms with Gasteiger partial charge < -0.3 is 0 Å². The number of nitrogens with zero attached hydrogens (tertiary/aromatic N) is 3. The van der Waals surface area contributed by atoms with Gasteiger partial charge in [0, 0.05) is 0 Å². The van der Waals surface area contributed by atoms with Crippen LogP contribution in [0.15, 0.2) is 23.2 Å².